The molecule has 114 valence electrons. The number of carbonyl (C=O) groups excluding carboxylic acids is 1. The maximum atomic E-state index is 12.1. The smallest absolute Gasteiger partial charge is 0.228 e. The third kappa shape index (κ3) is 2.38. The van der Waals surface area contributed by atoms with E-state index in [1.165, 1.54) is 6.20 Å². The van der Waals surface area contributed by atoms with Gasteiger partial charge in [-0.1, -0.05) is 12.1 Å². The zero-order valence-electron chi connectivity index (χ0n) is 12.4. The molecule has 2 N–H and O–H groups in total. The van der Waals surface area contributed by atoms with Crippen LogP contribution in [0.15, 0.2) is 42.7 Å². The van der Waals surface area contributed by atoms with E-state index in [0.717, 1.165) is 22.9 Å². The maximum absolute atomic E-state index is 12.1. The zero-order valence-corrected chi connectivity index (χ0v) is 12.4. The molecule has 1 fully saturated rings. The van der Waals surface area contributed by atoms with Crippen LogP contribution >= 0.6 is 0 Å². The second-order valence-electron chi connectivity index (χ2n) is 5.53. The molecule has 0 saturated carbocycles. The molecular weight excluding hydrogens is 290 g/mol. The SMILES string of the molecule is Nc1cnc(-c2ccc3ncccc3c2)c(N2CCCC2=O)n1. The molecule has 3 aromatic rings. The number of benzene rings is 1. The second-order valence-corrected chi connectivity index (χ2v) is 5.53. The first-order valence-corrected chi connectivity index (χ1v) is 7.50. The van der Waals surface area contributed by atoms with Gasteiger partial charge in [0, 0.05) is 30.1 Å². The number of carbonyl (C=O) groups is 1. The standard InChI is InChI=1S/C17H15N5O/c18-14-10-20-16(17(21-14)22-8-2-4-15(22)23)12-5-6-13-11(9-12)3-1-7-19-13/h1,3,5-7,9-10H,2,4,8H2,(H2,18,21). The molecule has 3 heterocycles. The van der Waals surface area contributed by atoms with Gasteiger partial charge in [0.1, 0.15) is 11.5 Å². The predicted molar refractivity (Wildman–Crippen MR) is 88.8 cm³/mol. The van der Waals surface area contributed by atoms with Crippen LogP contribution < -0.4 is 10.6 Å². The molecule has 0 aliphatic carbocycles. The number of amides is 1. The van der Waals surface area contributed by atoms with Crippen molar-refractivity contribution in [3.63, 3.8) is 0 Å². The van der Waals surface area contributed by atoms with Crippen LogP contribution in [0.25, 0.3) is 22.2 Å². The second kappa shape index (κ2) is 5.31. The van der Waals surface area contributed by atoms with Gasteiger partial charge in [-0.15, -0.1) is 0 Å². The van der Waals surface area contributed by atoms with Crippen molar-refractivity contribution in [2.45, 2.75) is 12.8 Å². The molecule has 0 atom stereocenters. The molecular formula is C17H15N5O. The number of nitrogen functional groups attached to an aromatic ring is 1. The third-order valence-electron chi connectivity index (χ3n) is 3.98. The average molecular weight is 305 g/mol. The first-order chi connectivity index (χ1) is 11.2. The van der Waals surface area contributed by atoms with Crippen molar-refractivity contribution >= 4 is 28.4 Å². The summed E-state index contributed by atoms with van der Waals surface area (Å²) in [5.41, 5.74) is 8.27. The fraction of sp³-hybridized carbons (Fsp3) is 0.176. The fourth-order valence-corrected chi connectivity index (χ4v) is 2.88. The van der Waals surface area contributed by atoms with E-state index in [1.807, 2.05) is 30.3 Å². The van der Waals surface area contributed by atoms with E-state index in [-0.39, 0.29) is 5.91 Å². The Hall–Kier alpha value is -3.02. The van der Waals surface area contributed by atoms with Crippen molar-refractivity contribution in [2.75, 3.05) is 17.2 Å². The Balaban J connectivity index is 1.88. The lowest BCUT2D eigenvalue weighted by atomic mass is 10.1. The summed E-state index contributed by atoms with van der Waals surface area (Å²) < 4.78 is 0. The molecule has 0 unspecified atom stereocenters. The Labute approximate surface area is 133 Å². The topological polar surface area (TPSA) is 85.0 Å². The van der Waals surface area contributed by atoms with Crippen LogP contribution in [0.1, 0.15) is 12.8 Å². The minimum atomic E-state index is 0.0635. The van der Waals surface area contributed by atoms with Crippen LogP contribution in [0.4, 0.5) is 11.6 Å². The third-order valence-corrected chi connectivity index (χ3v) is 3.98. The average Bonchev–Trinajstić information content (AvgIpc) is 3.00. The number of hydrogen-bond donors (Lipinski definition) is 1. The zero-order chi connectivity index (χ0) is 15.8. The van der Waals surface area contributed by atoms with Gasteiger partial charge < -0.3 is 5.73 Å². The van der Waals surface area contributed by atoms with Gasteiger partial charge in [-0.05, 0) is 24.6 Å². The summed E-state index contributed by atoms with van der Waals surface area (Å²) in [5, 5.41) is 1.02. The van der Waals surface area contributed by atoms with E-state index in [0.29, 0.717) is 30.3 Å². The first-order valence-electron chi connectivity index (χ1n) is 7.50. The molecule has 6 nitrogen and oxygen atoms in total. The van der Waals surface area contributed by atoms with Crippen molar-refractivity contribution in [1.82, 2.24) is 15.0 Å². The highest BCUT2D eigenvalue weighted by atomic mass is 16.2. The van der Waals surface area contributed by atoms with Crippen LogP contribution in [0.5, 0.6) is 0 Å². The summed E-state index contributed by atoms with van der Waals surface area (Å²) in [6.45, 7) is 0.652. The molecule has 1 saturated heterocycles. The largest absolute Gasteiger partial charge is 0.382 e. The number of aromatic nitrogens is 3. The van der Waals surface area contributed by atoms with Gasteiger partial charge in [0.25, 0.3) is 0 Å². The lowest BCUT2D eigenvalue weighted by Crippen LogP contribution is -2.26. The number of nitrogens with zero attached hydrogens (tertiary/aromatic N) is 4. The maximum Gasteiger partial charge on any atom is 0.228 e. The summed E-state index contributed by atoms with van der Waals surface area (Å²) in [6, 6.07) is 9.79. The monoisotopic (exact) mass is 305 g/mol. The minimum absolute atomic E-state index is 0.0635. The van der Waals surface area contributed by atoms with E-state index in [9.17, 15) is 4.79 Å². The van der Waals surface area contributed by atoms with E-state index in [2.05, 4.69) is 15.0 Å². The Kier molecular flexibility index (Phi) is 3.15. The minimum Gasteiger partial charge on any atom is -0.382 e. The van der Waals surface area contributed by atoms with Crippen LogP contribution in [-0.4, -0.2) is 27.4 Å². The van der Waals surface area contributed by atoms with Crippen LogP contribution in [0.3, 0.4) is 0 Å². The molecule has 0 bridgehead atoms. The van der Waals surface area contributed by atoms with Crippen molar-refractivity contribution in [1.29, 1.82) is 0 Å². The Morgan fingerprint density at radius 2 is 2.09 bits per heavy atom. The Morgan fingerprint density at radius 1 is 1.17 bits per heavy atom. The van der Waals surface area contributed by atoms with E-state index >= 15 is 0 Å². The van der Waals surface area contributed by atoms with Gasteiger partial charge in [-0.3, -0.25) is 14.7 Å². The fourth-order valence-electron chi connectivity index (χ4n) is 2.88. The van der Waals surface area contributed by atoms with Crippen molar-refractivity contribution in [3.05, 3.63) is 42.7 Å². The van der Waals surface area contributed by atoms with Crippen molar-refractivity contribution in [2.24, 2.45) is 0 Å². The Bertz CT molecular complexity index is 908. The summed E-state index contributed by atoms with van der Waals surface area (Å²) in [6.07, 6.45) is 4.65. The molecule has 4 rings (SSSR count). The summed E-state index contributed by atoms with van der Waals surface area (Å²) in [7, 11) is 0. The number of rotatable bonds is 2. The summed E-state index contributed by atoms with van der Waals surface area (Å²) >= 11 is 0. The number of fused-ring (bicyclic) bond motifs is 1. The van der Waals surface area contributed by atoms with Crippen molar-refractivity contribution < 1.29 is 4.79 Å². The highest BCUT2D eigenvalue weighted by molar-refractivity contribution is 5.98. The molecule has 1 aromatic carbocycles. The number of anilines is 2. The lowest BCUT2D eigenvalue weighted by molar-refractivity contribution is -0.117. The molecule has 2 aromatic heterocycles. The molecule has 0 radical (unpaired) electrons. The summed E-state index contributed by atoms with van der Waals surface area (Å²) in [4.78, 5) is 26.9. The van der Waals surface area contributed by atoms with Gasteiger partial charge in [0.15, 0.2) is 5.82 Å². The Morgan fingerprint density at radius 3 is 2.91 bits per heavy atom. The van der Waals surface area contributed by atoms with Gasteiger partial charge in [-0.2, -0.15) is 0 Å². The van der Waals surface area contributed by atoms with Gasteiger partial charge in [0.2, 0.25) is 5.91 Å². The van der Waals surface area contributed by atoms with Crippen LogP contribution in [-0.2, 0) is 4.79 Å². The van der Waals surface area contributed by atoms with E-state index in [1.54, 1.807) is 11.1 Å². The number of nitrogens with two attached hydrogens (primary N) is 1. The van der Waals surface area contributed by atoms with Crippen LogP contribution in [0, 0.1) is 0 Å². The molecule has 23 heavy (non-hydrogen) atoms. The molecule has 1 aliphatic rings. The van der Waals surface area contributed by atoms with Crippen molar-refractivity contribution in [3.8, 4) is 11.3 Å². The predicted octanol–water partition coefficient (Wildman–Crippen LogP) is 2.40. The van der Waals surface area contributed by atoms with E-state index < -0.39 is 0 Å². The highest BCUT2D eigenvalue weighted by Crippen LogP contribution is 2.31. The number of hydrogen-bond acceptors (Lipinski definition) is 5. The lowest BCUT2D eigenvalue weighted by Gasteiger charge is -2.18. The van der Waals surface area contributed by atoms with Gasteiger partial charge in [-0.25, -0.2) is 9.97 Å². The number of pyridine rings is 1. The van der Waals surface area contributed by atoms with Crippen LogP contribution in [0.2, 0.25) is 0 Å². The molecule has 1 aliphatic heterocycles. The molecule has 6 heteroatoms. The van der Waals surface area contributed by atoms with Gasteiger partial charge >= 0.3 is 0 Å². The normalized spacial score (nSPS) is 14.6. The van der Waals surface area contributed by atoms with Gasteiger partial charge in [0.05, 0.1) is 11.7 Å². The summed E-state index contributed by atoms with van der Waals surface area (Å²) in [5.74, 6) is 0.912. The van der Waals surface area contributed by atoms with E-state index in [4.69, 9.17) is 5.73 Å². The molecule has 0 spiro atoms. The quantitative estimate of drug-likeness (QED) is 0.786. The molecule has 1 amide bonds. The first kappa shape index (κ1) is 13.6. The highest BCUT2D eigenvalue weighted by Gasteiger charge is 2.26.